The van der Waals surface area contributed by atoms with Crippen LogP contribution < -0.4 is 24.8 Å². The lowest BCUT2D eigenvalue weighted by Gasteiger charge is -2.43. The molecule has 3 saturated heterocycles. The molecule has 8 N–H and O–H groups in total. The van der Waals surface area contributed by atoms with Crippen LogP contribution in [0.1, 0.15) is 25.0 Å². The highest BCUT2D eigenvalue weighted by Crippen LogP contribution is 2.60. The number of nitrogens with one attached hydrogen (secondary N) is 2. The number of amides is 2. The molecule has 7 rings (SSSR count). The quantitative estimate of drug-likeness (QED) is 0.145. The van der Waals surface area contributed by atoms with Gasteiger partial charge in [-0.25, -0.2) is 0 Å². The fraction of sp³-hybridized carbons (Fsp3) is 0.472. The highest BCUT2D eigenvalue weighted by atomic mass is 16.7. The van der Waals surface area contributed by atoms with Gasteiger partial charge in [0.1, 0.15) is 71.7 Å². The Balaban J connectivity index is 1.28. The lowest BCUT2D eigenvalue weighted by molar-refractivity contribution is -0.244. The van der Waals surface area contributed by atoms with E-state index in [-0.39, 0.29) is 11.5 Å². The van der Waals surface area contributed by atoms with Gasteiger partial charge in [0.25, 0.3) is 0 Å². The van der Waals surface area contributed by atoms with E-state index in [1.54, 1.807) is 54.6 Å². The zero-order valence-corrected chi connectivity index (χ0v) is 28.5. The van der Waals surface area contributed by atoms with E-state index < -0.39 is 110 Å². The summed E-state index contributed by atoms with van der Waals surface area (Å²) in [4.78, 5) is 37.6. The van der Waals surface area contributed by atoms with Gasteiger partial charge in [0.05, 0.1) is 19.1 Å². The Bertz CT molecular complexity index is 1710. The van der Waals surface area contributed by atoms with Crippen molar-refractivity contribution in [2.24, 2.45) is 11.8 Å². The van der Waals surface area contributed by atoms with Crippen LogP contribution in [0.5, 0.6) is 23.0 Å². The van der Waals surface area contributed by atoms with Crippen LogP contribution in [0.3, 0.4) is 0 Å². The minimum Gasteiger partial charge on any atom is -0.463 e. The van der Waals surface area contributed by atoms with Crippen LogP contribution in [0.15, 0.2) is 60.7 Å². The summed E-state index contributed by atoms with van der Waals surface area (Å²) in [5.74, 6) is -2.02. The Labute approximate surface area is 302 Å². The van der Waals surface area contributed by atoms with Gasteiger partial charge in [-0.3, -0.25) is 14.4 Å². The normalized spacial score (nSPS) is 34.9. The Morgan fingerprint density at radius 2 is 1.21 bits per heavy atom. The van der Waals surface area contributed by atoms with Gasteiger partial charge in [-0.1, -0.05) is 24.3 Å². The molecule has 17 nitrogen and oxygen atoms in total. The Hall–Kier alpha value is -4.59. The number of carbonyl (C=O) groups excluding carboxylic acids is 3. The zero-order valence-electron chi connectivity index (χ0n) is 28.5. The predicted octanol–water partition coefficient (Wildman–Crippen LogP) is -1.40. The zero-order chi connectivity index (χ0) is 37.8. The molecule has 53 heavy (non-hydrogen) atoms. The fourth-order valence-electron chi connectivity index (χ4n) is 7.58. The van der Waals surface area contributed by atoms with Gasteiger partial charge in [0, 0.05) is 30.9 Å². The maximum absolute atomic E-state index is 13.6. The van der Waals surface area contributed by atoms with Gasteiger partial charge in [-0.05, 0) is 36.4 Å². The number of aliphatic hydroxyl groups excluding tert-OH is 6. The maximum atomic E-state index is 13.6. The number of ether oxygens (including phenoxy) is 6. The van der Waals surface area contributed by atoms with Gasteiger partial charge in [0.2, 0.25) is 24.4 Å². The first-order chi connectivity index (χ1) is 25.4. The topological polar surface area (TPSA) is 252 Å². The van der Waals surface area contributed by atoms with Crippen LogP contribution >= 0.6 is 0 Å². The molecule has 3 fully saturated rings. The van der Waals surface area contributed by atoms with E-state index in [4.69, 9.17) is 28.4 Å². The minimum atomic E-state index is -1.56. The number of hydrogen-bond donors (Lipinski definition) is 8. The second-order valence-corrected chi connectivity index (χ2v) is 13.5. The van der Waals surface area contributed by atoms with Crippen molar-refractivity contribution < 1.29 is 73.4 Å². The van der Waals surface area contributed by atoms with Gasteiger partial charge < -0.3 is 69.7 Å². The molecule has 2 amide bonds. The third-order valence-corrected chi connectivity index (χ3v) is 10.1. The fourth-order valence-corrected chi connectivity index (χ4v) is 7.58. The number of carbonyl (C=O) groups is 3. The number of esters is 1. The lowest BCUT2D eigenvalue weighted by Crippen LogP contribution is -2.65. The molecule has 1 aliphatic carbocycles. The highest BCUT2D eigenvalue weighted by Gasteiger charge is 2.60. The van der Waals surface area contributed by atoms with Gasteiger partial charge in [-0.15, -0.1) is 0 Å². The molecule has 0 aromatic heterocycles. The van der Waals surface area contributed by atoms with Crippen molar-refractivity contribution in [1.82, 2.24) is 10.6 Å². The monoisotopic (exact) mass is 740 g/mol. The van der Waals surface area contributed by atoms with Crippen molar-refractivity contribution >= 4 is 17.8 Å². The molecule has 0 radical (unpaired) electrons. The molecule has 1 spiro atoms. The van der Waals surface area contributed by atoms with E-state index in [1.165, 1.54) is 13.8 Å². The SMILES string of the molecule is CC(=O)N[C@H]1[C@H](Oc2ccc3c(c2)C2(OC(=O)[C@@H]4C=CC=C[C@H]42)c2cc(O[C@@H]4O[C@H](CO)[C@H](O)[C@H](O)[C@H]4NC(C)=O)ccc2O3)O[C@H](CO)[C@H](O)[C@@H]1O. The Morgan fingerprint density at radius 1 is 0.736 bits per heavy atom. The third kappa shape index (κ3) is 6.42. The van der Waals surface area contributed by atoms with E-state index in [9.17, 15) is 45.0 Å². The van der Waals surface area contributed by atoms with Crippen LogP contribution in [0.4, 0.5) is 0 Å². The summed E-state index contributed by atoms with van der Waals surface area (Å²) in [6.07, 6.45) is -4.31. The summed E-state index contributed by atoms with van der Waals surface area (Å²) >= 11 is 0. The first-order valence-electron chi connectivity index (χ1n) is 17.0. The van der Waals surface area contributed by atoms with Crippen molar-refractivity contribution in [3.8, 4) is 23.0 Å². The smallest absolute Gasteiger partial charge is 0.314 e. The highest BCUT2D eigenvalue weighted by molar-refractivity contribution is 5.82. The molecule has 2 aromatic rings. The summed E-state index contributed by atoms with van der Waals surface area (Å²) in [5.41, 5.74) is -0.835. The standard InChI is InChI=1S/C36H40N2O15/c1-15(41)37-27-31(45)29(43)25(13-39)51-34(27)48-17-7-9-23-21(11-17)36(20-6-4-3-5-19(20)33(47)53-36)22-12-18(8-10-24(22)50-23)49-35-28(38-16(2)42)32(46)30(44)26(14-40)52-35/h3-12,19-20,25-32,34-35,39-40,43-46H,13-14H2,1-2H3,(H,37,41)(H,38,42)/t19-,20-,25-,26-,27-,28-,29+,30+,31-,32-,34-,35-/m1/s1. The molecule has 0 saturated carbocycles. The average molecular weight is 741 g/mol. The Morgan fingerprint density at radius 3 is 1.66 bits per heavy atom. The number of benzene rings is 2. The first kappa shape index (κ1) is 36.8. The number of rotatable bonds is 8. The third-order valence-electron chi connectivity index (χ3n) is 10.1. The van der Waals surface area contributed by atoms with Crippen LogP contribution in [-0.2, 0) is 34.2 Å². The molecule has 284 valence electrons. The van der Waals surface area contributed by atoms with Crippen molar-refractivity contribution in [2.75, 3.05) is 13.2 Å². The van der Waals surface area contributed by atoms with E-state index in [0.29, 0.717) is 22.6 Å². The number of fused-ring (bicyclic) bond motifs is 6. The minimum absolute atomic E-state index is 0.134. The second kappa shape index (κ2) is 14.3. The number of aliphatic hydroxyl groups is 6. The molecular weight excluding hydrogens is 700 g/mol. The van der Waals surface area contributed by atoms with Gasteiger partial charge in [0.15, 0.2) is 5.60 Å². The van der Waals surface area contributed by atoms with E-state index >= 15 is 0 Å². The molecule has 0 unspecified atom stereocenters. The average Bonchev–Trinajstić information content (AvgIpc) is 3.43. The number of allylic oxidation sites excluding steroid dienone is 2. The molecule has 12 atom stereocenters. The van der Waals surface area contributed by atoms with E-state index in [0.717, 1.165) is 0 Å². The molecule has 4 heterocycles. The predicted molar refractivity (Wildman–Crippen MR) is 177 cm³/mol. The molecule has 0 bridgehead atoms. The molecular formula is C36H40N2O15. The van der Waals surface area contributed by atoms with Crippen LogP contribution in [-0.4, -0.2) is 123 Å². The maximum Gasteiger partial charge on any atom is 0.314 e. The van der Waals surface area contributed by atoms with Crippen molar-refractivity contribution in [3.05, 3.63) is 71.8 Å². The summed E-state index contributed by atoms with van der Waals surface area (Å²) in [5, 5.41) is 67.2. The summed E-state index contributed by atoms with van der Waals surface area (Å²) < 4.78 is 36.5. The van der Waals surface area contributed by atoms with Crippen LogP contribution in [0.25, 0.3) is 0 Å². The van der Waals surface area contributed by atoms with Crippen molar-refractivity contribution in [1.29, 1.82) is 0 Å². The second-order valence-electron chi connectivity index (χ2n) is 13.5. The molecule has 5 aliphatic rings. The molecule has 2 aromatic carbocycles. The molecule has 4 aliphatic heterocycles. The summed E-state index contributed by atoms with van der Waals surface area (Å²) in [7, 11) is 0. The largest absolute Gasteiger partial charge is 0.463 e. The van der Waals surface area contributed by atoms with E-state index in [2.05, 4.69) is 10.6 Å². The van der Waals surface area contributed by atoms with Crippen LogP contribution in [0.2, 0.25) is 0 Å². The first-order valence-corrected chi connectivity index (χ1v) is 17.0. The summed E-state index contributed by atoms with van der Waals surface area (Å²) in [6.45, 7) is 1.14. The van der Waals surface area contributed by atoms with Crippen molar-refractivity contribution in [3.63, 3.8) is 0 Å². The van der Waals surface area contributed by atoms with Crippen LogP contribution in [0, 0.1) is 11.8 Å². The summed E-state index contributed by atoms with van der Waals surface area (Å²) in [6, 6.07) is 6.91. The van der Waals surface area contributed by atoms with Crippen molar-refractivity contribution in [2.45, 2.75) is 80.7 Å². The lowest BCUT2D eigenvalue weighted by atomic mass is 9.70. The molecule has 17 heteroatoms. The van der Waals surface area contributed by atoms with Gasteiger partial charge >= 0.3 is 5.97 Å². The van der Waals surface area contributed by atoms with Gasteiger partial charge in [-0.2, -0.15) is 0 Å². The number of hydrogen-bond acceptors (Lipinski definition) is 15. The Kier molecular flexibility index (Phi) is 9.94. The van der Waals surface area contributed by atoms with E-state index in [1.807, 2.05) is 6.08 Å².